The predicted octanol–water partition coefficient (Wildman–Crippen LogP) is 3.61. The van der Waals surface area contributed by atoms with Crippen LogP contribution in [0, 0.1) is 0 Å². The van der Waals surface area contributed by atoms with E-state index in [-0.39, 0.29) is 18.4 Å². The van der Waals surface area contributed by atoms with Crippen LogP contribution in [0.3, 0.4) is 0 Å². The Morgan fingerprint density at radius 2 is 1.71 bits per heavy atom. The van der Waals surface area contributed by atoms with Gasteiger partial charge in [-0.2, -0.15) is 0 Å². The van der Waals surface area contributed by atoms with Crippen molar-refractivity contribution < 1.29 is 19.1 Å². The van der Waals surface area contributed by atoms with Gasteiger partial charge in [-0.3, -0.25) is 9.59 Å². The molecule has 0 aromatic heterocycles. The summed E-state index contributed by atoms with van der Waals surface area (Å²) in [6.07, 6.45) is 0. The van der Waals surface area contributed by atoms with Gasteiger partial charge >= 0.3 is 0 Å². The highest BCUT2D eigenvalue weighted by atomic mass is 16.5. The molecule has 0 unspecified atom stereocenters. The number of nitrogens with one attached hydrogen (secondary N) is 2. The molecule has 2 amide bonds. The second-order valence-electron chi connectivity index (χ2n) is 6.27. The second kappa shape index (κ2) is 7.84. The van der Waals surface area contributed by atoms with Crippen molar-refractivity contribution in [1.29, 1.82) is 0 Å². The Kier molecular flexibility index (Phi) is 4.93. The van der Waals surface area contributed by atoms with E-state index in [2.05, 4.69) is 10.6 Å². The van der Waals surface area contributed by atoms with Crippen LogP contribution in [-0.2, 0) is 4.79 Å². The minimum atomic E-state index is -0.807. The number of anilines is 1. The van der Waals surface area contributed by atoms with Crippen LogP contribution in [0.4, 0.5) is 5.69 Å². The van der Waals surface area contributed by atoms with E-state index in [1.807, 2.05) is 36.4 Å². The van der Waals surface area contributed by atoms with Gasteiger partial charge in [-0.15, -0.1) is 0 Å². The molecular formula is C22H18N2O4. The highest BCUT2D eigenvalue weighted by molar-refractivity contribution is 6.02. The van der Waals surface area contributed by atoms with Gasteiger partial charge in [0.25, 0.3) is 11.8 Å². The lowest BCUT2D eigenvalue weighted by Gasteiger charge is -2.15. The molecule has 3 aromatic rings. The van der Waals surface area contributed by atoms with Gasteiger partial charge in [0.15, 0.2) is 0 Å². The number of carbonyl (C=O) groups is 2. The Bertz CT molecular complexity index is 1000. The summed E-state index contributed by atoms with van der Waals surface area (Å²) >= 11 is 0. The summed E-state index contributed by atoms with van der Waals surface area (Å²) in [5.74, 6) is 1.08. The third-order valence-corrected chi connectivity index (χ3v) is 4.25. The number of para-hydroxylation sites is 3. The number of hydrogen-bond acceptors (Lipinski definition) is 4. The lowest BCUT2D eigenvalue weighted by atomic mass is 10.2. The summed E-state index contributed by atoms with van der Waals surface area (Å²) in [4.78, 5) is 25.1. The van der Waals surface area contributed by atoms with Gasteiger partial charge in [0.05, 0.1) is 5.69 Å². The van der Waals surface area contributed by atoms with Crippen molar-refractivity contribution in [1.82, 2.24) is 5.32 Å². The van der Waals surface area contributed by atoms with Crippen LogP contribution in [0.1, 0.15) is 10.4 Å². The number of fused-ring (bicyclic) bond motifs is 1. The molecule has 1 aliphatic heterocycles. The highest BCUT2D eigenvalue weighted by Gasteiger charge is 2.26. The lowest BCUT2D eigenvalue weighted by Crippen LogP contribution is -2.46. The van der Waals surface area contributed by atoms with E-state index in [1.54, 1.807) is 42.5 Å². The minimum Gasteiger partial charge on any atom is -0.489 e. The minimum absolute atomic E-state index is 0.0504. The molecule has 0 radical (unpaired) electrons. The first-order chi connectivity index (χ1) is 13.7. The van der Waals surface area contributed by atoms with E-state index < -0.39 is 6.04 Å². The van der Waals surface area contributed by atoms with Crippen molar-refractivity contribution in [3.8, 4) is 17.2 Å². The Morgan fingerprint density at radius 3 is 2.57 bits per heavy atom. The number of carbonyl (C=O) groups excluding carboxylic acids is 2. The van der Waals surface area contributed by atoms with Gasteiger partial charge in [0, 0.05) is 5.56 Å². The molecule has 1 aliphatic rings. The molecule has 0 aliphatic carbocycles. The van der Waals surface area contributed by atoms with Crippen LogP contribution in [0.2, 0.25) is 0 Å². The van der Waals surface area contributed by atoms with Crippen LogP contribution in [0.15, 0.2) is 78.9 Å². The Hall–Kier alpha value is -3.80. The summed E-state index contributed by atoms with van der Waals surface area (Å²) in [5.41, 5.74) is 0.977. The second-order valence-corrected chi connectivity index (χ2v) is 6.27. The molecule has 4 rings (SSSR count). The summed E-state index contributed by atoms with van der Waals surface area (Å²) in [6.45, 7) is 0.0504. The zero-order valence-corrected chi connectivity index (χ0v) is 14.9. The molecule has 3 aromatic carbocycles. The van der Waals surface area contributed by atoms with Crippen LogP contribution >= 0.6 is 0 Å². The van der Waals surface area contributed by atoms with Gasteiger partial charge in [0.1, 0.15) is 29.9 Å². The maximum Gasteiger partial charge on any atom is 0.252 e. The maximum atomic E-state index is 12.6. The molecule has 0 saturated carbocycles. The van der Waals surface area contributed by atoms with Crippen LogP contribution in [0.5, 0.6) is 17.2 Å². The van der Waals surface area contributed by atoms with Crippen molar-refractivity contribution in [2.24, 2.45) is 0 Å². The van der Waals surface area contributed by atoms with Crippen molar-refractivity contribution in [3.63, 3.8) is 0 Å². The smallest absolute Gasteiger partial charge is 0.252 e. The van der Waals surface area contributed by atoms with Gasteiger partial charge in [0.2, 0.25) is 0 Å². The van der Waals surface area contributed by atoms with E-state index in [0.29, 0.717) is 28.5 Å². The molecule has 0 fully saturated rings. The van der Waals surface area contributed by atoms with Crippen molar-refractivity contribution >= 4 is 17.5 Å². The predicted molar refractivity (Wildman–Crippen MR) is 105 cm³/mol. The first-order valence-corrected chi connectivity index (χ1v) is 8.85. The number of rotatable bonds is 4. The number of amides is 2. The average Bonchev–Trinajstić information content (AvgIpc) is 2.88. The fraction of sp³-hybridized carbons (Fsp3) is 0.0909. The van der Waals surface area contributed by atoms with E-state index in [9.17, 15) is 9.59 Å². The average molecular weight is 374 g/mol. The normalized spacial score (nSPS) is 15.4. The van der Waals surface area contributed by atoms with Gasteiger partial charge < -0.3 is 20.1 Å². The first kappa shape index (κ1) is 17.6. The monoisotopic (exact) mass is 374 g/mol. The Morgan fingerprint density at radius 1 is 0.964 bits per heavy atom. The topological polar surface area (TPSA) is 76.7 Å². The van der Waals surface area contributed by atoms with Crippen molar-refractivity contribution in [2.45, 2.75) is 6.04 Å². The third-order valence-electron chi connectivity index (χ3n) is 4.25. The molecular weight excluding hydrogens is 356 g/mol. The molecule has 2 N–H and O–H groups in total. The summed E-state index contributed by atoms with van der Waals surface area (Å²) in [5, 5.41) is 5.49. The molecule has 28 heavy (non-hydrogen) atoms. The Balaban J connectivity index is 1.45. The fourth-order valence-corrected chi connectivity index (χ4v) is 2.84. The molecule has 1 atom stereocenters. The summed E-state index contributed by atoms with van der Waals surface area (Å²) in [7, 11) is 0. The molecule has 6 nitrogen and oxygen atoms in total. The van der Waals surface area contributed by atoms with Crippen molar-refractivity contribution in [2.75, 3.05) is 11.9 Å². The van der Waals surface area contributed by atoms with E-state index in [4.69, 9.17) is 9.47 Å². The highest BCUT2D eigenvalue weighted by Crippen LogP contribution is 2.26. The molecule has 140 valence electrons. The number of hydrogen-bond donors (Lipinski definition) is 2. The van der Waals surface area contributed by atoms with Gasteiger partial charge in [-0.05, 0) is 42.5 Å². The molecule has 0 spiro atoms. The van der Waals surface area contributed by atoms with Crippen molar-refractivity contribution in [3.05, 3.63) is 84.4 Å². The van der Waals surface area contributed by atoms with E-state index in [0.717, 1.165) is 0 Å². The lowest BCUT2D eigenvalue weighted by molar-refractivity contribution is -0.118. The van der Waals surface area contributed by atoms with Crippen LogP contribution in [-0.4, -0.2) is 24.5 Å². The largest absolute Gasteiger partial charge is 0.489 e. The quantitative estimate of drug-likeness (QED) is 0.731. The van der Waals surface area contributed by atoms with Crippen LogP contribution < -0.4 is 20.1 Å². The van der Waals surface area contributed by atoms with Gasteiger partial charge in [-0.1, -0.05) is 36.4 Å². The SMILES string of the molecule is O=C(N[C@H]1COc2ccccc2NC1=O)c1cccc(Oc2ccccc2)c1. The maximum absolute atomic E-state index is 12.6. The van der Waals surface area contributed by atoms with Crippen LogP contribution in [0.25, 0.3) is 0 Å². The first-order valence-electron chi connectivity index (χ1n) is 8.85. The summed E-state index contributed by atoms with van der Waals surface area (Å²) in [6, 6.07) is 22.4. The molecule has 0 bridgehead atoms. The van der Waals surface area contributed by atoms with Gasteiger partial charge in [-0.25, -0.2) is 0 Å². The number of ether oxygens (including phenoxy) is 2. The zero-order chi connectivity index (χ0) is 19.3. The fourth-order valence-electron chi connectivity index (χ4n) is 2.84. The van der Waals surface area contributed by atoms with E-state index >= 15 is 0 Å². The standard InChI is InChI=1S/C22H18N2O4/c25-21(15-7-6-10-17(13-15)28-16-8-2-1-3-9-16)24-19-14-27-20-12-5-4-11-18(20)23-22(19)26/h1-13,19H,14H2,(H,23,26)(H,24,25)/t19-/m0/s1. The third kappa shape index (κ3) is 3.96. The van der Waals surface area contributed by atoms with E-state index in [1.165, 1.54) is 0 Å². The number of benzene rings is 3. The Labute approximate surface area is 162 Å². The summed E-state index contributed by atoms with van der Waals surface area (Å²) < 4.78 is 11.4. The molecule has 0 saturated heterocycles. The molecule has 6 heteroatoms. The molecule has 1 heterocycles. The zero-order valence-electron chi connectivity index (χ0n) is 14.9.